The molecule has 0 saturated heterocycles. The highest BCUT2D eigenvalue weighted by Gasteiger charge is 2.38. The molecule has 1 fully saturated rings. The highest BCUT2D eigenvalue weighted by atomic mass is 16.5. The number of ether oxygens (including phenoxy) is 1. The lowest BCUT2D eigenvalue weighted by Crippen LogP contribution is -2.29. The maximum Gasteiger partial charge on any atom is 0.305 e. The van der Waals surface area contributed by atoms with Crippen molar-refractivity contribution in [2.45, 2.75) is 104 Å². The monoisotopic (exact) mass is 467 g/mol. The third kappa shape index (κ3) is 7.31. The van der Waals surface area contributed by atoms with Crippen molar-refractivity contribution in [3.63, 3.8) is 0 Å². The fourth-order valence-corrected chi connectivity index (χ4v) is 6.80. The highest BCUT2D eigenvalue weighted by molar-refractivity contribution is 5.91. The SMILES string of the molecule is CC(C)CCOC(=O)CCC1C=CCC(C2CN=C3CCC(CCC4CCC(C)CC4)=CC32)C1. The number of fused-ring (bicyclic) bond motifs is 1. The highest BCUT2D eigenvalue weighted by Crippen LogP contribution is 2.43. The van der Waals surface area contributed by atoms with Crippen LogP contribution in [0.3, 0.4) is 0 Å². The van der Waals surface area contributed by atoms with Gasteiger partial charge in [0.15, 0.2) is 0 Å². The minimum absolute atomic E-state index is 0.0186. The van der Waals surface area contributed by atoms with Gasteiger partial charge in [-0.05, 0) is 86.9 Å². The molecule has 1 saturated carbocycles. The lowest BCUT2D eigenvalue weighted by Gasteiger charge is -2.34. The topological polar surface area (TPSA) is 38.7 Å². The summed E-state index contributed by atoms with van der Waals surface area (Å²) in [6, 6.07) is 0. The van der Waals surface area contributed by atoms with Crippen molar-refractivity contribution in [1.29, 1.82) is 0 Å². The van der Waals surface area contributed by atoms with E-state index in [0.717, 1.165) is 31.2 Å². The number of carbonyl (C=O) groups is 1. The zero-order valence-electron chi connectivity index (χ0n) is 22.1. The molecule has 34 heavy (non-hydrogen) atoms. The molecule has 4 rings (SSSR count). The van der Waals surface area contributed by atoms with Crippen LogP contribution in [0.15, 0.2) is 28.8 Å². The summed E-state index contributed by atoms with van der Waals surface area (Å²) in [6.07, 6.45) is 23.2. The average Bonchev–Trinajstić information content (AvgIpc) is 3.26. The molecule has 4 unspecified atom stereocenters. The normalized spacial score (nSPS) is 33.4. The fourth-order valence-electron chi connectivity index (χ4n) is 6.80. The molecule has 3 nitrogen and oxygen atoms in total. The second-order valence-corrected chi connectivity index (χ2v) is 12.4. The van der Waals surface area contributed by atoms with E-state index in [1.807, 2.05) is 0 Å². The first-order chi connectivity index (χ1) is 16.5. The molecule has 0 radical (unpaired) electrons. The lowest BCUT2D eigenvalue weighted by atomic mass is 9.70. The third-order valence-corrected chi connectivity index (χ3v) is 9.21. The number of esters is 1. The molecule has 0 bridgehead atoms. The van der Waals surface area contributed by atoms with E-state index in [1.54, 1.807) is 5.57 Å². The molecule has 0 aromatic heterocycles. The maximum absolute atomic E-state index is 12.1. The fraction of sp³-hybridized carbons (Fsp3) is 0.806. The molecule has 1 heterocycles. The van der Waals surface area contributed by atoms with Gasteiger partial charge in [0.2, 0.25) is 0 Å². The van der Waals surface area contributed by atoms with Gasteiger partial charge in [-0.3, -0.25) is 9.79 Å². The van der Waals surface area contributed by atoms with Gasteiger partial charge >= 0.3 is 5.97 Å². The van der Waals surface area contributed by atoms with E-state index in [4.69, 9.17) is 9.73 Å². The van der Waals surface area contributed by atoms with Crippen LogP contribution in [0.4, 0.5) is 0 Å². The van der Waals surface area contributed by atoms with Crippen molar-refractivity contribution in [3.8, 4) is 0 Å². The Bertz CT molecular complexity index is 755. The largest absolute Gasteiger partial charge is 0.466 e. The second kappa shape index (κ2) is 12.5. The van der Waals surface area contributed by atoms with E-state index >= 15 is 0 Å². The minimum atomic E-state index is -0.0186. The molecule has 4 atom stereocenters. The van der Waals surface area contributed by atoms with Crippen molar-refractivity contribution in [3.05, 3.63) is 23.8 Å². The first kappa shape index (κ1) is 25.7. The van der Waals surface area contributed by atoms with Crippen LogP contribution in [0.5, 0.6) is 0 Å². The predicted molar refractivity (Wildman–Crippen MR) is 142 cm³/mol. The molecule has 0 aromatic rings. The molecule has 1 aliphatic heterocycles. The molecule has 190 valence electrons. The third-order valence-electron chi connectivity index (χ3n) is 9.21. The number of aliphatic imine (C=N–C) groups is 1. The smallest absolute Gasteiger partial charge is 0.305 e. The van der Waals surface area contributed by atoms with Gasteiger partial charge < -0.3 is 4.74 Å². The van der Waals surface area contributed by atoms with Crippen LogP contribution in [-0.2, 0) is 9.53 Å². The standard InChI is InChI=1S/C31H49NO2/c1-22(2)17-18-34-31(33)16-14-25-5-4-6-27(19-25)29-21-32-30-15-13-26(20-28(29)30)12-11-24-9-7-23(3)8-10-24/h4-5,20,22-25,27-29H,6-19,21H2,1-3H3. The Morgan fingerprint density at radius 2 is 1.97 bits per heavy atom. The van der Waals surface area contributed by atoms with Gasteiger partial charge in [-0.2, -0.15) is 0 Å². The first-order valence-electron chi connectivity index (χ1n) is 14.5. The number of hydrogen-bond donors (Lipinski definition) is 0. The van der Waals surface area contributed by atoms with Crippen LogP contribution < -0.4 is 0 Å². The number of carbonyl (C=O) groups excluding carboxylic acids is 1. The van der Waals surface area contributed by atoms with Crippen molar-refractivity contribution in [2.75, 3.05) is 13.2 Å². The number of nitrogens with zero attached hydrogens (tertiary/aromatic N) is 1. The Hall–Kier alpha value is -1.38. The van der Waals surface area contributed by atoms with E-state index in [1.165, 1.54) is 69.9 Å². The van der Waals surface area contributed by atoms with E-state index in [0.29, 0.717) is 42.6 Å². The summed E-state index contributed by atoms with van der Waals surface area (Å²) in [6.45, 7) is 8.34. The molecular formula is C31H49NO2. The van der Waals surface area contributed by atoms with Crippen LogP contribution in [0.1, 0.15) is 104 Å². The van der Waals surface area contributed by atoms with Crippen LogP contribution in [0, 0.1) is 41.4 Å². The molecule has 3 heteroatoms. The Kier molecular flexibility index (Phi) is 9.48. The summed E-state index contributed by atoms with van der Waals surface area (Å²) in [7, 11) is 0. The summed E-state index contributed by atoms with van der Waals surface area (Å²) in [5.41, 5.74) is 3.21. The first-order valence-corrected chi connectivity index (χ1v) is 14.5. The summed E-state index contributed by atoms with van der Waals surface area (Å²) in [5.74, 6) is 4.96. The predicted octanol–water partition coefficient (Wildman–Crippen LogP) is 7.95. The number of hydrogen-bond acceptors (Lipinski definition) is 3. The molecule has 0 spiro atoms. The van der Waals surface area contributed by atoms with Gasteiger partial charge in [-0.25, -0.2) is 0 Å². The minimum Gasteiger partial charge on any atom is -0.466 e. The zero-order valence-corrected chi connectivity index (χ0v) is 22.1. The Balaban J connectivity index is 1.24. The van der Waals surface area contributed by atoms with Gasteiger partial charge in [0.1, 0.15) is 0 Å². The molecular weight excluding hydrogens is 418 g/mol. The van der Waals surface area contributed by atoms with E-state index in [9.17, 15) is 4.79 Å². The molecule has 0 amide bonds. The van der Waals surface area contributed by atoms with Crippen LogP contribution in [0.25, 0.3) is 0 Å². The molecule has 4 aliphatic rings. The molecule has 0 N–H and O–H groups in total. The number of allylic oxidation sites excluding steroid dienone is 4. The van der Waals surface area contributed by atoms with Crippen molar-refractivity contribution in [1.82, 2.24) is 0 Å². The second-order valence-electron chi connectivity index (χ2n) is 12.4. The van der Waals surface area contributed by atoms with Gasteiger partial charge in [-0.1, -0.05) is 70.3 Å². The van der Waals surface area contributed by atoms with Gasteiger partial charge in [0, 0.05) is 24.6 Å². The van der Waals surface area contributed by atoms with Crippen LogP contribution in [0.2, 0.25) is 0 Å². The molecule has 0 aromatic carbocycles. The van der Waals surface area contributed by atoms with Gasteiger partial charge in [-0.15, -0.1) is 0 Å². The van der Waals surface area contributed by atoms with Crippen molar-refractivity contribution < 1.29 is 9.53 Å². The van der Waals surface area contributed by atoms with Crippen LogP contribution in [-0.4, -0.2) is 24.8 Å². The van der Waals surface area contributed by atoms with E-state index in [2.05, 4.69) is 39.0 Å². The Labute approximate surface area is 208 Å². The number of rotatable bonds is 10. The summed E-state index contributed by atoms with van der Waals surface area (Å²) in [4.78, 5) is 17.2. The molecule has 3 aliphatic carbocycles. The van der Waals surface area contributed by atoms with Crippen LogP contribution >= 0.6 is 0 Å². The zero-order chi connectivity index (χ0) is 23.9. The Morgan fingerprint density at radius 1 is 1.15 bits per heavy atom. The lowest BCUT2D eigenvalue weighted by molar-refractivity contribution is -0.144. The van der Waals surface area contributed by atoms with Crippen molar-refractivity contribution >= 4 is 11.7 Å². The summed E-state index contributed by atoms with van der Waals surface area (Å²) in [5, 5.41) is 0. The maximum atomic E-state index is 12.1. The van der Waals surface area contributed by atoms with E-state index < -0.39 is 0 Å². The quantitative estimate of drug-likeness (QED) is 0.241. The van der Waals surface area contributed by atoms with Crippen molar-refractivity contribution in [2.24, 2.45) is 46.4 Å². The summed E-state index contributed by atoms with van der Waals surface area (Å²) < 4.78 is 5.44. The summed E-state index contributed by atoms with van der Waals surface area (Å²) >= 11 is 0. The Morgan fingerprint density at radius 3 is 2.76 bits per heavy atom. The average molecular weight is 468 g/mol. The van der Waals surface area contributed by atoms with E-state index in [-0.39, 0.29) is 5.97 Å². The van der Waals surface area contributed by atoms with Gasteiger partial charge in [0.05, 0.1) is 6.61 Å². The van der Waals surface area contributed by atoms with Gasteiger partial charge in [0.25, 0.3) is 0 Å².